The lowest BCUT2D eigenvalue weighted by Crippen LogP contribution is -2.71. The van der Waals surface area contributed by atoms with Crippen molar-refractivity contribution in [1.82, 2.24) is 19.9 Å². The fourth-order valence-electron chi connectivity index (χ4n) is 3.86. The first kappa shape index (κ1) is 14.0. The van der Waals surface area contributed by atoms with Crippen molar-refractivity contribution in [3.63, 3.8) is 0 Å². The van der Waals surface area contributed by atoms with Crippen LogP contribution in [0.15, 0.2) is 18.6 Å². The SMILES string of the molecule is C[C@@]12CCN(c3ncnc4[nH]ccc34)C[C@@H]1N(C(=O)CC#N)C2. The molecule has 2 fully saturated rings. The summed E-state index contributed by atoms with van der Waals surface area (Å²) >= 11 is 0. The Morgan fingerprint density at radius 2 is 2.43 bits per heavy atom. The summed E-state index contributed by atoms with van der Waals surface area (Å²) in [5.74, 6) is 0.851. The Kier molecular flexibility index (Phi) is 3.01. The van der Waals surface area contributed by atoms with Crippen molar-refractivity contribution in [1.29, 1.82) is 5.26 Å². The molecule has 1 N–H and O–H groups in total. The number of carbonyl (C=O) groups is 1. The molecule has 4 rings (SSSR count). The number of hydrogen-bond acceptors (Lipinski definition) is 5. The number of nitriles is 1. The van der Waals surface area contributed by atoms with Gasteiger partial charge >= 0.3 is 0 Å². The maximum atomic E-state index is 12.1. The van der Waals surface area contributed by atoms with E-state index in [0.29, 0.717) is 0 Å². The molecule has 2 aliphatic heterocycles. The van der Waals surface area contributed by atoms with Crippen molar-refractivity contribution in [2.24, 2.45) is 5.41 Å². The monoisotopic (exact) mass is 310 g/mol. The molecule has 4 heterocycles. The number of amides is 1. The van der Waals surface area contributed by atoms with E-state index in [0.717, 1.165) is 42.9 Å². The number of nitrogens with one attached hydrogen (secondary N) is 1. The number of rotatable bonds is 2. The molecule has 2 atom stereocenters. The number of likely N-dealkylation sites (tertiary alicyclic amines) is 1. The molecule has 23 heavy (non-hydrogen) atoms. The van der Waals surface area contributed by atoms with Gasteiger partial charge in [-0.2, -0.15) is 5.26 Å². The topological polar surface area (TPSA) is 88.9 Å². The third kappa shape index (κ3) is 2.05. The largest absolute Gasteiger partial charge is 0.354 e. The quantitative estimate of drug-likeness (QED) is 0.903. The number of anilines is 1. The normalized spacial score (nSPS) is 26.5. The van der Waals surface area contributed by atoms with Crippen LogP contribution in [0.4, 0.5) is 5.82 Å². The van der Waals surface area contributed by atoms with Crippen LogP contribution < -0.4 is 4.90 Å². The van der Waals surface area contributed by atoms with Crippen LogP contribution in [0.2, 0.25) is 0 Å². The van der Waals surface area contributed by atoms with Gasteiger partial charge in [0, 0.05) is 31.2 Å². The van der Waals surface area contributed by atoms with E-state index in [9.17, 15) is 4.79 Å². The summed E-state index contributed by atoms with van der Waals surface area (Å²) in [5, 5.41) is 9.77. The van der Waals surface area contributed by atoms with Crippen molar-refractivity contribution in [3.05, 3.63) is 18.6 Å². The second kappa shape index (κ2) is 4.95. The molecule has 118 valence electrons. The van der Waals surface area contributed by atoms with Crippen molar-refractivity contribution in [2.45, 2.75) is 25.8 Å². The van der Waals surface area contributed by atoms with E-state index in [1.165, 1.54) is 0 Å². The zero-order chi connectivity index (χ0) is 16.0. The fraction of sp³-hybridized carbons (Fsp3) is 0.500. The highest BCUT2D eigenvalue weighted by Gasteiger charge is 2.53. The van der Waals surface area contributed by atoms with Crippen LogP contribution in [0.1, 0.15) is 19.8 Å². The molecule has 2 aromatic heterocycles. The molecule has 0 unspecified atom stereocenters. The van der Waals surface area contributed by atoms with Gasteiger partial charge in [0.2, 0.25) is 5.91 Å². The lowest BCUT2D eigenvalue weighted by Gasteiger charge is -2.60. The van der Waals surface area contributed by atoms with Crippen molar-refractivity contribution < 1.29 is 4.79 Å². The lowest BCUT2D eigenvalue weighted by atomic mass is 9.68. The van der Waals surface area contributed by atoms with Crippen LogP contribution in [0.3, 0.4) is 0 Å². The van der Waals surface area contributed by atoms with Gasteiger partial charge < -0.3 is 14.8 Å². The highest BCUT2D eigenvalue weighted by molar-refractivity contribution is 5.87. The highest BCUT2D eigenvalue weighted by Crippen LogP contribution is 2.45. The van der Waals surface area contributed by atoms with Crippen LogP contribution in [0.25, 0.3) is 11.0 Å². The summed E-state index contributed by atoms with van der Waals surface area (Å²) in [6.45, 7) is 4.67. The van der Waals surface area contributed by atoms with Gasteiger partial charge in [0.1, 0.15) is 24.2 Å². The number of nitrogens with zero attached hydrogens (tertiary/aromatic N) is 5. The molecule has 2 saturated heterocycles. The van der Waals surface area contributed by atoms with Crippen molar-refractivity contribution >= 4 is 22.8 Å². The molecular weight excluding hydrogens is 292 g/mol. The highest BCUT2D eigenvalue weighted by atomic mass is 16.2. The summed E-state index contributed by atoms with van der Waals surface area (Å²) in [6.07, 6.45) is 4.41. The first-order chi connectivity index (χ1) is 11.1. The fourth-order valence-corrected chi connectivity index (χ4v) is 3.86. The van der Waals surface area contributed by atoms with E-state index in [1.807, 2.05) is 23.2 Å². The minimum atomic E-state index is -0.0636. The third-order valence-electron chi connectivity index (χ3n) is 5.24. The van der Waals surface area contributed by atoms with Crippen molar-refractivity contribution in [3.8, 4) is 6.07 Å². The maximum absolute atomic E-state index is 12.1. The zero-order valence-electron chi connectivity index (χ0n) is 13.0. The van der Waals surface area contributed by atoms with Gasteiger partial charge in [0.15, 0.2) is 0 Å². The molecule has 7 nitrogen and oxygen atoms in total. The zero-order valence-corrected chi connectivity index (χ0v) is 13.0. The second-order valence-corrected chi connectivity index (χ2v) is 6.66. The van der Waals surface area contributed by atoms with Crippen molar-refractivity contribution in [2.75, 3.05) is 24.5 Å². The molecule has 2 aliphatic rings. The first-order valence-electron chi connectivity index (χ1n) is 7.82. The average molecular weight is 310 g/mol. The Morgan fingerprint density at radius 1 is 1.57 bits per heavy atom. The number of fused-ring (bicyclic) bond motifs is 2. The Balaban J connectivity index is 1.60. The number of aromatic amines is 1. The third-order valence-corrected chi connectivity index (χ3v) is 5.24. The van der Waals surface area contributed by atoms with Gasteiger partial charge in [-0.1, -0.05) is 6.92 Å². The Bertz CT molecular complexity index is 808. The standard InChI is InChI=1S/C16H18N6O/c1-16-4-7-21(8-12(16)22(9-16)13(23)2-5-17)15-11-3-6-18-14(11)19-10-20-15/h3,6,10,12H,2,4,7-9H2,1H3,(H,18,19,20)/t12-,16-/m0/s1. The van der Waals surface area contributed by atoms with E-state index >= 15 is 0 Å². The molecule has 0 bridgehead atoms. The lowest BCUT2D eigenvalue weighted by molar-refractivity contribution is -0.153. The summed E-state index contributed by atoms with van der Waals surface area (Å²) in [5.41, 5.74) is 0.987. The van der Waals surface area contributed by atoms with E-state index in [2.05, 4.69) is 26.8 Å². The minimum Gasteiger partial charge on any atom is -0.354 e. The predicted molar refractivity (Wildman–Crippen MR) is 84.6 cm³/mol. The van der Waals surface area contributed by atoms with Gasteiger partial charge in [-0.3, -0.25) is 4.79 Å². The van der Waals surface area contributed by atoms with Gasteiger partial charge in [-0.05, 0) is 12.5 Å². The van der Waals surface area contributed by atoms with Gasteiger partial charge in [-0.25, -0.2) is 9.97 Å². The van der Waals surface area contributed by atoms with E-state index in [-0.39, 0.29) is 23.8 Å². The van der Waals surface area contributed by atoms with Gasteiger partial charge in [0.05, 0.1) is 17.5 Å². The summed E-state index contributed by atoms with van der Waals surface area (Å²) in [7, 11) is 0. The van der Waals surface area contributed by atoms with Gasteiger partial charge in [0.25, 0.3) is 0 Å². The summed E-state index contributed by atoms with van der Waals surface area (Å²) < 4.78 is 0. The summed E-state index contributed by atoms with van der Waals surface area (Å²) in [4.78, 5) is 28.0. The summed E-state index contributed by atoms with van der Waals surface area (Å²) in [6, 6.07) is 4.10. The van der Waals surface area contributed by atoms with Gasteiger partial charge in [-0.15, -0.1) is 0 Å². The van der Waals surface area contributed by atoms with E-state index < -0.39 is 0 Å². The number of H-pyrrole nitrogens is 1. The molecule has 0 aromatic carbocycles. The van der Waals surface area contributed by atoms with Crippen LogP contribution >= 0.6 is 0 Å². The molecule has 7 heteroatoms. The van der Waals surface area contributed by atoms with Crippen LogP contribution in [0.5, 0.6) is 0 Å². The number of hydrogen-bond donors (Lipinski definition) is 1. The number of piperidine rings is 1. The predicted octanol–water partition coefficient (Wildman–Crippen LogP) is 1.30. The molecule has 0 aliphatic carbocycles. The minimum absolute atomic E-state index is 0.0395. The smallest absolute Gasteiger partial charge is 0.237 e. The molecule has 0 saturated carbocycles. The molecule has 0 radical (unpaired) electrons. The van der Waals surface area contributed by atoms with Crippen LogP contribution in [0, 0.1) is 16.7 Å². The van der Waals surface area contributed by atoms with E-state index in [1.54, 1.807) is 6.33 Å². The molecule has 1 amide bonds. The number of aromatic nitrogens is 3. The Morgan fingerprint density at radius 3 is 3.26 bits per heavy atom. The average Bonchev–Trinajstić information content (AvgIpc) is 3.00. The Hall–Kier alpha value is -2.62. The Labute approximate surface area is 133 Å². The van der Waals surface area contributed by atoms with Crippen LogP contribution in [-0.4, -0.2) is 51.4 Å². The molecule has 2 aromatic rings. The van der Waals surface area contributed by atoms with E-state index in [4.69, 9.17) is 5.26 Å². The van der Waals surface area contributed by atoms with Crippen LogP contribution in [-0.2, 0) is 4.79 Å². The second-order valence-electron chi connectivity index (χ2n) is 6.66. The molecular formula is C16H18N6O. The maximum Gasteiger partial charge on any atom is 0.237 e. The first-order valence-corrected chi connectivity index (χ1v) is 7.82. The molecule has 0 spiro atoms. The number of carbonyl (C=O) groups excluding carboxylic acids is 1.